The number of nitrogens with one attached hydrogen (secondary N) is 4. The lowest BCUT2D eigenvalue weighted by atomic mass is 10.2. The molecule has 0 aliphatic heterocycles. The van der Waals surface area contributed by atoms with Crippen molar-refractivity contribution in [1.29, 1.82) is 0 Å². The van der Waals surface area contributed by atoms with Crippen molar-refractivity contribution in [3.05, 3.63) is 54.3 Å². The molecule has 0 saturated heterocycles. The highest BCUT2D eigenvalue weighted by atomic mass is 32.1. The third kappa shape index (κ3) is 5.64. The van der Waals surface area contributed by atoms with Crippen LogP contribution in [0.2, 0.25) is 0 Å². The Hall–Kier alpha value is -2.45. The van der Waals surface area contributed by atoms with Gasteiger partial charge in [0.15, 0.2) is 10.2 Å². The third-order valence-corrected chi connectivity index (χ3v) is 3.44. The summed E-state index contributed by atoms with van der Waals surface area (Å²) in [5.74, 6) is -0.303. The van der Waals surface area contributed by atoms with E-state index in [1.54, 1.807) is 12.1 Å². The van der Waals surface area contributed by atoms with Crippen LogP contribution in [-0.4, -0.2) is 24.3 Å². The molecule has 24 heavy (non-hydrogen) atoms. The minimum absolute atomic E-state index is 0.303. The van der Waals surface area contributed by atoms with Gasteiger partial charge in [0, 0.05) is 31.2 Å². The lowest BCUT2D eigenvalue weighted by molar-refractivity contribution is 0.628. The molecule has 0 fully saturated rings. The molecule has 2 aromatic carbocycles. The molecule has 0 radical (unpaired) electrons. The van der Waals surface area contributed by atoms with Crippen LogP contribution in [0.4, 0.5) is 21.5 Å². The second-order valence-electron chi connectivity index (χ2n) is 5.11. The van der Waals surface area contributed by atoms with Crippen LogP contribution in [0.25, 0.3) is 0 Å². The van der Waals surface area contributed by atoms with E-state index in [1.807, 2.05) is 43.3 Å². The van der Waals surface area contributed by atoms with Gasteiger partial charge in [-0.3, -0.25) is 10.9 Å². The summed E-state index contributed by atoms with van der Waals surface area (Å²) < 4.78 is 12.8. The zero-order chi connectivity index (χ0) is 17.5. The fraction of sp³-hybridized carbons (Fsp3) is 0.125. The molecule has 0 amide bonds. The van der Waals surface area contributed by atoms with Crippen LogP contribution >= 0.6 is 24.4 Å². The quantitative estimate of drug-likeness (QED) is 0.494. The lowest BCUT2D eigenvalue weighted by Crippen LogP contribution is -2.45. The van der Waals surface area contributed by atoms with Gasteiger partial charge in [-0.05, 0) is 73.0 Å². The van der Waals surface area contributed by atoms with Gasteiger partial charge in [-0.2, -0.15) is 0 Å². The van der Waals surface area contributed by atoms with Crippen molar-refractivity contribution in [2.45, 2.75) is 0 Å². The van der Waals surface area contributed by atoms with Crippen LogP contribution < -0.4 is 26.4 Å². The van der Waals surface area contributed by atoms with E-state index in [0.29, 0.717) is 15.9 Å². The van der Waals surface area contributed by atoms with Crippen LogP contribution in [0.3, 0.4) is 0 Å². The molecule has 0 aromatic heterocycles. The third-order valence-electron chi connectivity index (χ3n) is 3.03. The van der Waals surface area contributed by atoms with Gasteiger partial charge in [0.2, 0.25) is 0 Å². The molecule has 0 heterocycles. The van der Waals surface area contributed by atoms with Gasteiger partial charge >= 0.3 is 0 Å². The van der Waals surface area contributed by atoms with Gasteiger partial charge in [0.1, 0.15) is 5.82 Å². The fourth-order valence-corrected chi connectivity index (χ4v) is 2.15. The molecule has 8 heteroatoms. The van der Waals surface area contributed by atoms with E-state index in [0.717, 1.165) is 11.4 Å². The van der Waals surface area contributed by atoms with Crippen molar-refractivity contribution in [2.24, 2.45) is 0 Å². The zero-order valence-corrected chi connectivity index (χ0v) is 14.9. The molecule has 0 bridgehead atoms. The highest BCUT2D eigenvalue weighted by Gasteiger charge is 2.01. The molecule has 0 saturated carbocycles. The molecule has 0 atom stereocenters. The number of halogens is 1. The van der Waals surface area contributed by atoms with Crippen molar-refractivity contribution < 1.29 is 4.39 Å². The van der Waals surface area contributed by atoms with Gasteiger partial charge in [-0.1, -0.05) is 0 Å². The predicted molar refractivity (Wildman–Crippen MR) is 106 cm³/mol. The Morgan fingerprint density at radius 2 is 1.21 bits per heavy atom. The SMILES string of the molecule is CN(C)c1ccc(NC(=S)NNC(=S)Nc2ccc(F)cc2)cc1. The maximum absolute atomic E-state index is 12.8. The van der Waals surface area contributed by atoms with Crippen molar-refractivity contribution in [3.63, 3.8) is 0 Å². The Bertz CT molecular complexity index is 701. The molecule has 5 nitrogen and oxygen atoms in total. The Morgan fingerprint density at radius 3 is 1.62 bits per heavy atom. The van der Waals surface area contributed by atoms with Crippen LogP contribution in [-0.2, 0) is 0 Å². The smallest absolute Gasteiger partial charge is 0.189 e. The monoisotopic (exact) mass is 363 g/mol. The van der Waals surface area contributed by atoms with Gasteiger partial charge in [0.25, 0.3) is 0 Å². The number of nitrogens with zero attached hydrogens (tertiary/aromatic N) is 1. The first kappa shape index (κ1) is 17.9. The highest BCUT2D eigenvalue weighted by molar-refractivity contribution is 7.81. The van der Waals surface area contributed by atoms with Gasteiger partial charge in [0.05, 0.1) is 0 Å². The normalized spacial score (nSPS) is 9.79. The number of rotatable bonds is 3. The number of thiocarbonyl (C=S) groups is 2. The average Bonchev–Trinajstić information content (AvgIpc) is 2.55. The molecular formula is C16H18FN5S2. The Balaban J connectivity index is 1.77. The van der Waals surface area contributed by atoms with Crippen LogP contribution in [0.5, 0.6) is 0 Å². The maximum Gasteiger partial charge on any atom is 0.189 e. The fourth-order valence-electron chi connectivity index (χ4n) is 1.81. The second-order valence-corrected chi connectivity index (χ2v) is 5.92. The molecule has 0 aliphatic rings. The first-order valence-electron chi connectivity index (χ1n) is 7.11. The van der Waals surface area contributed by atoms with Crippen LogP contribution in [0, 0.1) is 5.82 Å². The summed E-state index contributed by atoms with van der Waals surface area (Å²) >= 11 is 10.3. The van der Waals surface area contributed by atoms with E-state index in [9.17, 15) is 4.39 Å². The number of hydrogen-bond acceptors (Lipinski definition) is 3. The van der Waals surface area contributed by atoms with Gasteiger partial charge in [-0.25, -0.2) is 4.39 Å². The maximum atomic E-state index is 12.8. The van der Waals surface area contributed by atoms with Crippen LogP contribution in [0.15, 0.2) is 48.5 Å². The van der Waals surface area contributed by atoms with Crippen molar-refractivity contribution in [3.8, 4) is 0 Å². The summed E-state index contributed by atoms with van der Waals surface area (Å²) in [4.78, 5) is 2.02. The molecule has 4 N–H and O–H groups in total. The Morgan fingerprint density at radius 1 is 0.792 bits per heavy atom. The van der Waals surface area contributed by atoms with Gasteiger partial charge in [-0.15, -0.1) is 0 Å². The summed E-state index contributed by atoms with van der Waals surface area (Å²) in [5.41, 5.74) is 8.17. The summed E-state index contributed by atoms with van der Waals surface area (Å²) in [6.07, 6.45) is 0. The van der Waals surface area contributed by atoms with E-state index < -0.39 is 0 Å². The molecule has 0 aliphatic carbocycles. The molecule has 2 rings (SSSR count). The molecule has 126 valence electrons. The lowest BCUT2D eigenvalue weighted by Gasteiger charge is -2.15. The molecule has 2 aromatic rings. The topological polar surface area (TPSA) is 51.4 Å². The van der Waals surface area contributed by atoms with Crippen molar-refractivity contribution >= 4 is 51.7 Å². The Kier molecular flexibility index (Phi) is 6.28. The second kappa shape index (κ2) is 8.42. The highest BCUT2D eigenvalue weighted by Crippen LogP contribution is 2.15. The van der Waals surface area contributed by atoms with Crippen molar-refractivity contribution in [1.82, 2.24) is 10.9 Å². The number of hydrazine groups is 1. The largest absolute Gasteiger partial charge is 0.378 e. The summed E-state index contributed by atoms with van der Waals surface area (Å²) in [7, 11) is 3.96. The molecule has 0 spiro atoms. The first-order chi connectivity index (χ1) is 11.4. The predicted octanol–water partition coefficient (Wildman–Crippen LogP) is 3.08. The van der Waals surface area contributed by atoms with Gasteiger partial charge < -0.3 is 15.5 Å². The minimum Gasteiger partial charge on any atom is -0.378 e. The van der Waals surface area contributed by atoms with E-state index in [-0.39, 0.29) is 5.82 Å². The number of hydrogen-bond donors (Lipinski definition) is 4. The molecular weight excluding hydrogens is 345 g/mol. The van der Waals surface area contributed by atoms with E-state index >= 15 is 0 Å². The summed E-state index contributed by atoms with van der Waals surface area (Å²) in [6, 6.07) is 13.7. The van der Waals surface area contributed by atoms with E-state index in [2.05, 4.69) is 21.5 Å². The standard InChI is InChI=1S/C16H18FN5S2/c1-22(2)14-9-7-13(8-10-14)19-16(24)21-20-15(23)18-12-5-3-11(17)4-6-12/h3-10H,1-2H3,(H2,18,20,23)(H2,19,21,24). The first-order valence-corrected chi connectivity index (χ1v) is 7.92. The van der Waals surface area contributed by atoms with E-state index in [4.69, 9.17) is 24.4 Å². The summed E-state index contributed by atoms with van der Waals surface area (Å²) in [5, 5.41) is 6.63. The number of benzene rings is 2. The number of anilines is 3. The molecule has 0 unspecified atom stereocenters. The summed E-state index contributed by atoms with van der Waals surface area (Å²) in [6.45, 7) is 0. The Labute approximate surface area is 151 Å². The minimum atomic E-state index is -0.303. The zero-order valence-electron chi connectivity index (χ0n) is 13.3. The average molecular weight is 363 g/mol. The van der Waals surface area contributed by atoms with Crippen molar-refractivity contribution in [2.75, 3.05) is 29.6 Å². The van der Waals surface area contributed by atoms with Crippen LogP contribution in [0.1, 0.15) is 0 Å². The van der Waals surface area contributed by atoms with E-state index in [1.165, 1.54) is 12.1 Å².